The maximum absolute atomic E-state index is 13.3. The van der Waals surface area contributed by atoms with E-state index in [0.29, 0.717) is 33.8 Å². The zero-order valence-corrected chi connectivity index (χ0v) is 21.3. The van der Waals surface area contributed by atoms with E-state index < -0.39 is 23.7 Å². The Hall–Kier alpha value is -4.59. The molecule has 0 spiro atoms. The van der Waals surface area contributed by atoms with E-state index in [1.54, 1.807) is 56.3 Å². The molecule has 0 aromatic heterocycles. The smallest absolute Gasteiger partial charge is 0.338 e. The molecule has 1 N–H and O–H groups in total. The highest BCUT2D eigenvalue weighted by Crippen LogP contribution is 2.42. The van der Waals surface area contributed by atoms with Crippen molar-refractivity contribution < 1.29 is 33.7 Å². The summed E-state index contributed by atoms with van der Waals surface area (Å²) in [7, 11) is 0. The van der Waals surface area contributed by atoms with Gasteiger partial charge in [0.1, 0.15) is 5.76 Å². The molecule has 38 heavy (non-hydrogen) atoms. The zero-order chi connectivity index (χ0) is 27.0. The Balaban J connectivity index is 1.53. The number of hydrogen-bond acceptors (Lipinski definition) is 7. The molecule has 1 unspecified atom stereocenters. The second kappa shape index (κ2) is 10.0. The van der Waals surface area contributed by atoms with Crippen molar-refractivity contribution in [3.8, 4) is 11.5 Å². The number of carbonyl (C=O) groups is 3. The van der Waals surface area contributed by atoms with E-state index >= 15 is 0 Å². The molecule has 2 aliphatic rings. The van der Waals surface area contributed by atoms with Crippen molar-refractivity contribution in [2.45, 2.75) is 39.5 Å². The van der Waals surface area contributed by atoms with Crippen molar-refractivity contribution in [2.24, 2.45) is 0 Å². The molecule has 2 aliphatic heterocycles. The molecule has 194 valence electrons. The number of hydrogen-bond donors (Lipinski definition) is 1. The van der Waals surface area contributed by atoms with Gasteiger partial charge in [-0.1, -0.05) is 42.0 Å². The molecule has 0 bridgehead atoms. The summed E-state index contributed by atoms with van der Waals surface area (Å²) in [5, 5.41) is 11.3. The number of benzene rings is 3. The molecule has 3 aromatic carbocycles. The normalized spacial score (nSPS) is 17.8. The zero-order valence-electron chi connectivity index (χ0n) is 21.3. The van der Waals surface area contributed by atoms with E-state index in [1.807, 2.05) is 31.2 Å². The fraction of sp³-hybridized carbons (Fsp3) is 0.233. The Morgan fingerprint density at radius 2 is 1.71 bits per heavy atom. The Kier molecular flexibility index (Phi) is 6.63. The fourth-order valence-corrected chi connectivity index (χ4v) is 4.65. The van der Waals surface area contributed by atoms with Crippen LogP contribution in [0.5, 0.6) is 11.5 Å². The molecule has 0 radical (unpaired) electrons. The average Bonchev–Trinajstić information content (AvgIpc) is 3.46. The number of aliphatic hydroxyl groups excluding tert-OH is 1. The average molecular weight is 514 g/mol. The summed E-state index contributed by atoms with van der Waals surface area (Å²) >= 11 is 0. The highest BCUT2D eigenvalue weighted by Gasteiger charge is 2.46. The number of carbonyl (C=O) groups excluding carboxylic acids is 3. The molecule has 3 aromatic rings. The Morgan fingerprint density at radius 3 is 2.42 bits per heavy atom. The van der Waals surface area contributed by atoms with E-state index in [-0.39, 0.29) is 30.8 Å². The third-order valence-electron chi connectivity index (χ3n) is 6.43. The van der Waals surface area contributed by atoms with Gasteiger partial charge in [-0.05, 0) is 62.2 Å². The molecule has 0 saturated carbocycles. The first kappa shape index (κ1) is 25.1. The van der Waals surface area contributed by atoms with Crippen molar-refractivity contribution in [2.75, 3.05) is 6.79 Å². The van der Waals surface area contributed by atoms with Crippen molar-refractivity contribution in [1.82, 2.24) is 4.90 Å². The molecule has 2 heterocycles. The highest BCUT2D eigenvalue weighted by atomic mass is 16.7. The minimum atomic E-state index is -0.814. The number of Topliss-reactive ketones (excluding diaryl/α,β-unsaturated/α-hetero) is 1. The van der Waals surface area contributed by atoms with Gasteiger partial charge in [0.25, 0.3) is 11.7 Å². The third kappa shape index (κ3) is 4.72. The molecule has 1 atom stereocenters. The van der Waals surface area contributed by atoms with Gasteiger partial charge in [-0.3, -0.25) is 9.59 Å². The van der Waals surface area contributed by atoms with E-state index in [1.165, 1.54) is 4.90 Å². The summed E-state index contributed by atoms with van der Waals surface area (Å²) in [5.74, 6) is -1.23. The van der Waals surface area contributed by atoms with Crippen LogP contribution in [-0.4, -0.2) is 40.6 Å². The summed E-state index contributed by atoms with van der Waals surface area (Å²) in [6, 6.07) is 18.2. The molecular formula is C30H27NO7. The van der Waals surface area contributed by atoms with Crippen LogP contribution in [0.2, 0.25) is 0 Å². The van der Waals surface area contributed by atoms with Crippen molar-refractivity contribution in [3.05, 3.63) is 100 Å². The van der Waals surface area contributed by atoms with Gasteiger partial charge >= 0.3 is 5.97 Å². The van der Waals surface area contributed by atoms with Crippen LogP contribution in [0.1, 0.15) is 52.5 Å². The quantitative estimate of drug-likeness (QED) is 0.216. The maximum Gasteiger partial charge on any atom is 0.338 e. The first-order chi connectivity index (χ1) is 18.2. The maximum atomic E-state index is 13.3. The number of likely N-dealkylation sites (tertiary alicyclic amines) is 1. The number of ketones is 1. The lowest BCUT2D eigenvalue weighted by molar-refractivity contribution is -0.140. The lowest BCUT2D eigenvalue weighted by atomic mass is 9.94. The summed E-state index contributed by atoms with van der Waals surface area (Å²) < 4.78 is 16.0. The molecule has 1 saturated heterocycles. The molecule has 0 aliphatic carbocycles. The Labute approximate surface area is 220 Å². The highest BCUT2D eigenvalue weighted by molar-refractivity contribution is 6.46. The minimum absolute atomic E-state index is 0.00315. The number of amides is 1. The van der Waals surface area contributed by atoms with Gasteiger partial charge in [-0.2, -0.15) is 0 Å². The number of aryl methyl sites for hydroxylation is 1. The lowest BCUT2D eigenvalue weighted by Gasteiger charge is -2.26. The van der Waals surface area contributed by atoms with Crippen LogP contribution in [0, 0.1) is 6.92 Å². The molecule has 8 nitrogen and oxygen atoms in total. The summed E-state index contributed by atoms with van der Waals surface area (Å²) in [5.41, 5.74) is 3.10. The monoisotopic (exact) mass is 513 g/mol. The van der Waals surface area contributed by atoms with Crippen LogP contribution >= 0.6 is 0 Å². The largest absolute Gasteiger partial charge is 0.507 e. The van der Waals surface area contributed by atoms with Crippen LogP contribution in [-0.2, 0) is 20.9 Å². The van der Waals surface area contributed by atoms with Gasteiger partial charge in [0.15, 0.2) is 11.5 Å². The molecule has 1 fully saturated rings. The van der Waals surface area contributed by atoms with Crippen LogP contribution < -0.4 is 9.47 Å². The number of rotatable bonds is 6. The van der Waals surface area contributed by atoms with E-state index in [4.69, 9.17) is 14.2 Å². The van der Waals surface area contributed by atoms with Crippen molar-refractivity contribution >= 4 is 23.4 Å². The summed E-state index contributed by atoms with van der Waals surface area (Å²) in [6.45, 7) is 5.64. The number of ether oxygens (including phenoxy) is 3. The first-order valence-corrected chi connectivity index (χ1v) is 12.3. The predicted octanol–water partition coefficient (Wildman–Crippen LogP) is 4.91. The topological polar surface area (TPSA) is 102 Å². The van der Waals surface area contributed by atoms with Gasteiger partial charge in [0, 0.05) is 12.1 Å². The number of fused-ring (bicyclic) bond motifs is 1. The van der Waals surface area contributed by atoms with Crippen LogP contribution in [0.25, 0.3) is 5.76 Å². The van der Waals surface area contributed by atoms with Crippen LogP contribution in [0.15, 0.2) is 72.3 Å². The van der Waals surface area contributed by atoms with Gasteiger partial charge in [-0.25, -0.2) is 4.79 Å². The van der Waals surface area contributed by atoms with E-state index in [9.17, 15) is 19.5 Å². The van der Waals surface area contributed by atoms with Gasteiger partial charge < -0.3 is 24.2 Å². The summed E-state index contributed by atoms with van der Waals surface area (Å²) in [4.78, 5) is 40.3. The van der Waals surface area contributed by atoms with Gasteiger partial charge in [0.05, 0.1) is 23.3 Å². The number of esters is 1. The standard InChI is InChI=1S/C30H27NO7/c1-17(2)38-30(35)20-9-7-19(8-10-20)15-31-26(21-6-4-5-18(3)13-21)25(28(33)29(31)34)27(32)22-11-12-23-24(14-22)37-16-36-23/h4-14,17,26,32H,15-16H2,1-3H3/b27-25-. The summed E-state index contributed by atoms with van der Waals surface area (Å²) in [6.07, 6.45) is -0.242. The lowest BCUT2D eigenvalue weighted by Crippen LogP contribution is -2.29. The Bertz CT molecular complexity index is 1460. The van der Waals surface area contributed by atoms with E-state index in [0.717, 1.165) is 5.56 Å². The van der Waals surface area contributed by atoms with E-state index in [2.05, 4.69) is 0 Å². The SMILES string of the molecule is Cc1cccc(C2/C(=C(/O)c3ccc4c(c3)OCO4)C(=O)C(=O)N2Cc2ccc(C(=O)OC(C)C)cc2)c1. The van der Waals surface area contributed by atoms with Crippen molar-refractivity contribution in [1.29, 1.82) is 0 Å². The number of nitrogens with zero attached hydrogens (tertiary/aromatic N) is 1. The minimum Gasteiger partial charge on any atom is -0.507 e. The van der Waals surface area contributed by atoms with Crippen molar-refractivity contribution in [3.63, 3.8) is 0 Å². The third-order valence-corrected chi connectivity index (χ3v) is 6.43. The van der Waals surface area contributed by atoms with Gasteiger partial charge in [0.2, 0.25) is 6.79 Å². The van der Waals surface area contributed by atoms with Crippen LogP contribution in [0.4, 0.5) is 0 Å². The van der Waals surface area contributed by atoms with Crippen LogP contribution in [0.3, 0.4) is 0 Å². The van der Waals surface area contributed by atoms with Gasteiger partial charge in [-0.15, -0.1) is 0 Å². The second-order valence-corrected chi connectivity index (χ2v) is 9.56. The Morgan fingerprint density at radius 1 is 1.00 bits per heavy atom. The molecule has 8 heteroatoms. The predicted molar refractivity (Wildman–Crippen MR) is 139 cm³/mol. The molecule has 5 rings (SSSR count). The molecular weight excluding hydrogens is 486 g/mol. The second-order valence-electron chi connectivity index (χ2n) is 9.56. The molecule has 1 amide bonds. The number of aliphatic hydroxyl groups is 1. The first-order valence-electron chi connectivity index (χ1n) is 12.3. The fourth-order valence-electron chi connectivity index (χ4n) is 4.65.